The summed E-state index contributed by atoms with van der Waals surface area (Å²) in [7, 11) is 1.62. The lowest BCUT2D eigenvalue weighted by molar-refractivity contribution is -0.119. The van der Waals surface area contributed by atoms with Gasteiger partial charge in [0.2, 0.25) is 6.41 Å². The molecule has 0 unspecified atom stereocenters. The summed E-state index contributed by atoms with van der Waals surface area (Å²) in [6.07, 6.45) is 0.889. The molecule has 0 aromatic heterocycles. The second kappa shape index (κ2) is 11.6. The smallest absolute Gasteiger partial charge is 0.274 e. The average Bonchev–Trinajstić information content (AvgIpc) is 2.80. The topological polar surface area (TPSA) is 102 Å². The van der Waals surface area contributed by atoms with Crippen LogP contribution in [0.25, 0.3) is 0 Å². The Kier molecular flexibility index (Phi) is 8.81. The predicted octanol–water partition coefficient (Wildman–Crippen LogP) is 1.13. The van der Waals surface area contributed by atoms with E-state index in [0.717, 1.165) is 44.7 Å². The van der Waals surface area contributed by atoms with Gasteiger partial charge in [0.05, 0.1) is 0 Å². The van der Waals surface area contributed by atoms with Crippen LogP contribution >= 0.6 is 0 Å². The van der Waals surface area contributed by atoms with E-state index in [9.17, 15) is 14.4 Å². The molecule has 154 valence electrons. The van der Waals surface area contributed by atoms with E-state index < -0.39 is 5.91 Å². The molecule has 3 amide bonds. The van der Waals surface area contributed by atoms with Crippen LogP contribution in [-0.4, -0.2) is 66.5 Å². The normalized spacial score (nSPS) is 13.7. The van der Waals surface area contributed by atoms with E-state index in [1.807, 2.05) is 30.3 Å². The molecular formula is C21H26N4O4. The number of hydrogen-bond acceptors (Lipinski definition) is 5. The summed E-state index contributed by atoms with van der Waals surface area (Å²) < 4.78 is 0. The fourth-order valence-corrected chi connectivity index (χ4v) is 2.85. The maximum Gasteiger partial charge on any atom is 0.274 e. The highest BCUT2D eigenvalue weighted by Gasteiger charge is 2.15. The molecule has 1 saturated heterocycles. The molecule has 1 heterocycles. The van der Waals surface area contributed by atoms with Crippen LogP contribution in [0.4, 0.5) is 0 Å². The number of carbonyl (C=O) groups excluding carboxylic acids is 3. The van der Waals surface area contributed by atoms with Gasteiger partial charge < -0.3 is 10.2 Å². The van der Waals surface area contributed by atoms with Crippen LogP contribution < -0.4 is 10.8 Å². The molecule has 0 radical (unpaired) electrons. The number of carbonyl (C=O) groups is 3. The average molecular weight is 398 g/mol. The first kappa shape index (κ1) is 22.1. The molecule has 3 rings (SSSR count). The van der Waals surface area contributed by atoms with Gasteiger partial charge in [-0.15, -0.1) is 0 Å². The van der Waals surface area contributed by atoms with E-state index in [2.05, 4.69) is 10.2 Å². The maximum absolute atomic E-state index is 11.2. The van der Waals surface area contributed by atoms with Crippen LogP contribution in [0.3, 0.4) is 0 Å². The molecule has 0 aliphatic carbocycles. The van der Waals surface area contributed by atoms with E-state index in [0.29, 0.717) is 11.1 Å². The molecule has 2 aromatic rings. The zero-order valence-corrected chi connectivity index (χ0v) is 16.4. The molecule has 29 heavy (non-hydrogen) atoms. The van der Waals surface area contributed by atoms with Gasteiger partial charge in [-0.3, -0.25) is 24.5 Å². The molecule has 1 aliphatic rings. The Morgan fingerprint density at radius 2 is 1.52 bits per heavy atom. The van der Waals surface area contributed by atoms with Crippen molar-refractivity contribution in [1.82, 2.24) is 20.6 Å². The first-order valence-corrected chi connectivity index (χ1v) is 9.29. The monoisotopic (exact) mass is 398 g/mol. The number of benzene rings is 2. The second-order valence-electron chi connectivity index (χ2n) is 6.50. The molecule has 0 spiro atoms. The molecule has 3 N–H and O–H groups in total. The Morgan fingerprint density at radius 3 is 2.03 bits per heavy atom. The minimum Gasteiger partial charge on any atom is -0.355 e. The highest BCUT2D eigenvalue weighted by atomic mass is 16.5. The Labute approximate surface area is 170 Å². The molecule has 0 saturated carbocycles. The van der Waals surface area contributed by atoms with Crippen LogP contribution in [0.5, 0.6) is 0 Å². The molecule has 8 heteroatoms. The molecule has 0 atom stereocenters. The zero-order valence-electron chi connectivity index (χ0n) is 16.4. The first-order chi connectivity index (χ1) is 14.1. The molecule has 1 fully saturated rings. The summed E-state index contributed by atoms with van der Waals surface area (Å²) in [5.41, 5.74) is 3.84. The Balaban J connectivity index is 0.000000253. The third kappa shape index (κ3) is 7.02. The number of nitrogens with zero attached hydrogens (tertiary/aromatic N) is 2. The minimum atomic E-state index is -0.508. The SMILES string of the molecule is CNC(=O)c1ccccc1.O=CN1CCN(Cc2ccc(C(=O)NO)cc2)CC1. The molecule has 8 nitrogen and oxygen atoms in total. The number of hydrogen-bond donors (Lipinski definition) is 3. The quantitative estimate of drug-likeness (QED) is 0.398. The van der Waals surface area contributed by atoms with Crippen molar-refractivity contribution in [1.29, 1.82) is 0 Å². The van der Waals surface area contributed by atoms with Gasteiger partial charge in [-0.05, 0) is 29.8 Å². The number of piperazine rings is 1. The van der Waals surface area contributed by atoms with Crippen molar-refractivity contribution in [2.45, 2.75) is 6.54 Å². The highest BCUT2D eigenvalue weighted by molar-refractivity contribution is 5.94. The van der Waals surface area contributed by atoms with E-state index in [-0.39, 0.29) is 5.91 Å². The van der Waals surface area contributed by atoms with E-state index in [1.165, 1.54) is 0 Å². The van der Waals surface area contributed by atoms with Crippen LogP contribution in [0, 0.1) is 0 Å². The van der Waals surface area contributed by atoms with Crippen molar-refractivity contribution in [3.8, 4) is 0 Å². The van der Waals surface area contributed by atoms with E-state index in [1.54, 1.807) is 41.7 Å². The number of rotatable bonds is 5. The van der Waals surface area contributed by atoms with Crippen LogP contribution in [-0.2, 0) is 11.3 Å². The summed E-state index contributed by atoms with van der Waals surface area (Å²) in [6.45, 7) is 4.03. The summed E-state index contributed by atoms with van der Waals surface area (Å²) in [5.74, 6) is -0.549. The predicted molar refractivity (Wildman–Crippen MR) is 108 cm³/mol. The summed E-state index contributed by atoms with van der Waals surface area (Å²) in [5, 5.41) is 11.1. The standard InChI is InChI=1S/C13H17N3O3.C8H9NO/c17-10-16-7-5-15(6-8-16)9-11-1-3-12(4-2-11)13(18)14-19;1-9-8(10)7-5-3-2-4-6-7/h1-4,10,19H,5-9H2,(H,14,18);2-6H,1H3,(H,9,10). The summed E-state index contributed by atoms with van der Waals surface area (Å²) >= 11 is 0. The lowest BCUT2D eigenvalue weighted by Gasteiger charge is -2.32. The molecule has 2 aromatic carbocycles. The lowest BCUT2D eigenvalue weighted by Crippen LogP contribution is -2.45. The van der Waals surface area contributed by atoms with Crippen LogP contribution in [0.1, 0.15) is 26.3 Å². The van der Waals surface area contributed by atoms with Crippen molar-refractivity contribution < 1.29 is 19.6 Å². The third-order valence-corrected chi connectivity index (χ3v) is 4.54. The van der Waals surface area contributed by atoms with E-state index >= 15 is 0 Å². The molecule has 1 aliphatic heterocycles. The fourth-order valence-electron chi connectivity index (χ4n) is 2.85. The second-order valence-corrected chi connectivity index (χ2v) is 6.50. The third-order valence-electron chi connectivity index (χ3n) is 4.54. The largest absolute Gasteiger partial charge is 0.355 e. The zero-order chi connectivity index (χ0) is 21.1. The Bertz CT molecular complexity index is 788. The van der Waals surface area contributed by atoms with E-state index in [4.69, 9.17) is 5.21 Å². The van der Waals surface area contributed by atoms with Gasteiger partial charge in [-0.25, -0.2) is 5.48 Å². The maximum atomic E-state index is 11.2. The summed E-state index contributed by atoms with van der Waals surface area (Å²) in [4.78, 5) is 36.7. The Morgan fingerprint density at radius 1 is 0.931 bits per heavy atom. The lowest BCUT2D eigenvalue weighted by atomic mass is 10.1. The van der Waals surface area contributed by atoms with Gasteiger partial charge >= 0.3 is 0 Å². The number of nitrogens with one attached hydrogen (secondary N) is 2. The van der Waals surface area contributed by atoms with Crippen molar-refractivity contribution >= 4 is 18.2 Å². The van der Waals surface area contributed by atoms with Crippen molar-refractivity contribution in [3.05, 3.63) is 71.3 Å². The van der Waals surface area contributed by atoms with Gasteiger partial charge in [0, 0.05) is 50.9 Å². The van der Waals surface area contributed by atoms with Gasteiger partial charge in [0.15, 0.2) is 0 Å². The van der Waals surface area contributed by atoms with Crippen molar-refractivity contribution in [3.63, 3.8) is 0 Å². The van der Waals surface area contributed by atoms with Gasteiger partial charge in [0.1, 0.15) is 0 Å². The Hall–Kier alpha value is -3.23. The van der Waals surface area contributed by atoms with Crippen LogP contribution in [0.15, 0.2) is 54.6 Å². The van der Waals surface area contributed by atoms with Crippen LogP contribution in [0.2, 0.25) is 0 Å². The number of hydroxylamine groups is 1. The highest BCUT2D eigenvalue weighted by Crippen LogP contribution is 2.09. The fraction of sp³-hybridized carbons (Fsp3) is 0.286. The van der Waals surface area contributed by atoms with Crippen molar-refractivity contribution in [2.24, 2.45) is 0 Å². The van der Waals surface area contributed by atoms with Gasteiger partial charge in [0.25, 0.3) is 11.8 Å². The van der Waals surface area contributed by atoms with Gasteiger partial charge in [-0.2, -0.15) is 0 Å². The minimum absolute atomic E-state index is 0.0411. The number of amides is 3. The molecular weight excluding hydrogens is 372 g/mol. The van der Waals surface area contributed by atoms with Gasteiger partial charge in [-0.1, -0.05) is 30.3 Å². The summed E-state index contributed by atoms with van der Waals surface area (Å²) in [6, 6.07) is 16.2. The first-order valence-electron chi connectivity index (χ1n) is 9.29. The van der Waals surface area contributed by atoms with Crippen molar-refractivity contribution in [2.75, 3.05) is 33.2 Å². The molecule has 0 bridgehead atoms.